The number of nitrogens with zero attached hydrogens (tertiary/aromatic N) is 5. The van der Waals surface area contributed by atoms with Crippen molar-refractivity contribution in [2.75, 3.05) is 5.32 Å². The van der Waals surface area contributed by atoms with Crippen LogP contribution >= 0.6 is 23.2 Å². The van der Waals surface area contributed by atoms with Crippen molar-refractivity contribution in [2.24, 2.45) is 0 Å². The van der Waals surface area contributed by atoms with Gasteiger partial charge in [0.15, 0.2) is 0 Å². The second-order valence-corrected chi connectivity index (χ2v) is 3.82. The first-order valence-corrected chi connectivity index (χ1v) is 5.48. The monoisotopic (exact) mass is 270 g/mol. The van der Waals surface area contributed by atoms with Gasteiger partial charge in [0.25, 0.3) is 0 Å². The lowest BCUT2D eigenvalue weighted by Gasteiger charge is -2.04. The highest BCUT2D eigenvalue weighted by Gasteiger charge is 2.03. The van der Waals surface area contributed by atoms with E-state index in [0.717, 1.165) is 5.69 Å². The van der Waals surface area contributed by atoms with E-state index >= 15 is 0 Å². The number of nitrogens with one attached hydrogen (secondary N) is 1. The van der Waals surface area contributed by atoms with Crippen LogP contribution in [0.2, 0.25) is 10.6 Å². The summed E-state index contributed by atoms with van der Waals surface area (Å²) in [6, 6.07) is 1.80. The van der Waals surface area contributed by atoms with Crippen LogP contribution in [-0.4, -0.2) is 24.9 Å². The molecule has 88 valence electrons. The molecule has 0 radical (unpaired) electrons. The molecule has 0 aliphatic heterocycles. The Morgan fingerprint density at radius 3 is 2.47 bits per heavy atom. The lowest BCUT2D eigenvalue weighted by atomic mass is 10.4. The Bertz CT molecular complexity index is 512. The number of halogens is 2. The molecule has 2 heterocycles. The van der Waals surface area contributed by atoms with E-state index in [0.29, 0.717) is 18.3 Å². The van der Waals surface area contributed by atoms with Crippen molar-refractivity contribution in [3.05, 3.63) is 34.3 Å². The molecule has 0 atom stereocenters. The zero-order chi connectivity index (χ0) is 12.3. The van der Waals surface area contributed by atoms with Crippen molar-refractivity contribution in [1.82, 2.24) is 24.9 Å². The number of anilines is 1. The van der Waals surface area contributed by atoms with Crippen molar-refractivity contribution in [2.45, 2.75) is 13.5 Å². The average molecular weight is 271 g/mol. The average Bonchev–Trinajstić information content (AvgIpc) is 2.25. The second-order valence-electron chi connectivity index (χ2n) is 3.15. The van der Waals surface area contributed by atoms with Gasteiger partial charge in [-0.1, -0.05) is 0 Å². The molecule has 2 aromatic rings. The molecule has 1 N–H and O–H groups in total. The van der Waals surface area contributed by atoms with Gasteiger partial charge < -0.3 is 5.32 Å². The van der Waals surface area contributed by atoms with Crippen LogP contribution < -0.4 is 5.32 Å². The fourth-order valence-corrected chi connectivity index (χ4v) is 1.54. The van der Waals surface area contributed by atoms with Gasteiger partial charge >= 0.3 is 0 Å². The minimum absolute atomic E-state index is 0.0476. The molecule has 0 saturated carbocycles. The summed E-state index contributed by atoms with van der Waals surface area (Å²) < 4.78 is 0. The van der Waals surface area contributed by atoms with Gasteiger partial charge in [0.2, 0.25) is 16.5 Å². The highest BCUT2D eigenvalue weighted by molar-refractivity contribution is 6.31. The molecule has 0 spiro atoms. The van der Waals surface area contributed by atoms with Gasteiger partial charge in [0.1, 0.15) is 5.82 Å². The highest BCUT2D eigenvalue weighted by Crippen LogP contribution is 2.10. The number of rotatable bonds is 3. The van der Waals surface area contributed by atoms with Gasteiger partial charge in [-0.2, -0.15) is 15.0 Å². The van der Waals surface area contributed by atoms with E-state index in [9.17, 15) is 0 Å². The Balaban J connectivity index is 2.07. The van der Waals surface area contributed by atoms with E-state index in [4.69, 9.17) is 23.2 Å². The normalized spacial score (nSPS) is 10.3. The molecule has 2 aromatic heterocycles. The maximum absolute atomic E-state index is 5.64. The molecular formula is C9H8Cl2N6. The van der Waals surface area contributed by atoms with Gasteiger partial charge in [-0.25, -0.2) is 9.97 Å². The lowest BCUT2D eigenvalue weighted by Crippen LogP contribution is -2.07. The summed E-state index contributed by atoms with van der Waals surface area (Å²) in [5.41, 5.74) is 0.824. The van der Waals surface area contributed by atoms with Crippen LogP contribution in [0.3, 0.4) is 0 Å². The summed E-state index contributed by atoms with van der Waals surface area (Å²) >= 11 is 11.3. The summed E-state index contributed by atoms with van der Waals surface area (Å²) in [5, 5.41) is 3.04. The van der Waals surface area contributed by atoms with E-state index in [1.54, 1.807) is 12.3 Å². The first-order valence-electron chi connectivity index (χ1n) is 4.73. The van der Waals surface area contributed by atoms with Gasteiger partial charge in [-0.15, -0.1) is 0 Å². The van der Waals surface area contributed by atoms with E-state index in [2.05, 4.69) is 30.2 Å². The second kappa shape index (κ2) is 5.20. The SMILES string of the molecule is Cc1nccc(CNc2nc(Cl)nc(Cl)n2)n1. The molecule has 6 nitrogen and oxygen atoms in total. The van der Waals surface area contributed by atoms with E-state index < -0.39 is 0 Å². The minimum Gasteiger partial charge on any atom is -0.348 e. The third-order valence-corrected chi connectivity index (χ3v) is 2.18. The molecule has 0 aromatic carbocycles. The summed E-state index contributed by atoms with van der Waals surface area (Å²) in [6.07, 6.45) is 1.69. The predicted molar refractivity (Wildman–Crippen MR) is 63.9 cm³/mol. The number of aryl methyl sites for hydroxylation is 1. The maximum Gasteiger partial charge on any atom is 0.228 e. The molecular weight excluding hydrogens is 263 g/mol. The van der Waals surface area contributed by atoms with E-state index in [1.807, 2.05) is 6.92 Å². The Kier molecular flexibility index (Phi) is 3.65. The van der Waals surface area contributed by atoms with Crippen molar-refractivity contribution >= 4 is 29.2 Å². The fourth-order valence-electron chi connectivity index (χ4n) is 1.18. The van der Waals surface area contributed by atoms with Crippen LogP contribution in [0.25, 0.3) is 0 Å². The lowest BCUT2D eigenvalue weighted by molar-refractivity contribution is 0.931. The van der Waals surface area contributed by atoms with Crippen LogP contribution in [0.5, 0.6) is 0 Å². The predicted octanol–water partition coefficient (Wildman–Crippen LogP) is 1.89. The fraction of sp³-hybridized carbons (Fsp3) is 0.222. The van der Waals surface area contributed by atoms with Gasteiger partial charge in [-0.3, -0.25) is 0 Å². The minimum atomic E-state index is 0.0476. The molecule has 0 saturated heterocycles. The van der Waals surface area contributed by atoms with E-state index in [1.165, 1.54) is 0 Å². The number of aromatic nitrogens is 5. The molecule has 0 unspecified atom stereocenters. The van der Waals surface area contributed by atoms with Crippen LogP contribution in [0, 0.1) is 6.92 Å². The Morgan fingerprint density at radius 1 is 1.12 bits per heavy atom. The topological polar surface area (TPSA) is 76.5 Å². The largest absolute Gasteiger partial charge is 0.348 e. The Hall–Kier alpha value is -1.53. The van der Waals surface area contributed by atoms with Gasteiger partial charge in [0, 0.05) is 6.20 Å². The summed E-state index contributed by atoms with van der Waals surface area (Å²) in [6.45, 7) is 2.28. The molecule has 8 heteroatoms. The van der Waals surface area contributed by atoms with Crippen LogP contribution in [0.4, 0.5) is 5.95 Å². The summed E-state index contributed by atoms with van der Waals surface area (Å²) in [4.78, 5) is 19.6. The molecule has 0 aliphatic carbocycles. The van der Waals surface area contributed by atoms with Crippen LogP contribution in [0.1, 0.15) is 11.5 Å². The van der Waals surface area contributed by atoms with Crippen molar-refractivity contribution in [3.63, 3.8) is 0 Å². The number of hydrogen-bond donors (Lipinski definition) is 1. The Morgan fingerprint density at radius 2 is 1.82 bits per heavy atom. The maximum atomic E-state index is 5.64. The van der Waals surface area contributed by atoms with Crippen molar-refractivity contribution < 1.29 is 0 Å². The third kappa shape index (κ3) is 3.47. The van der Waals surface area contributed by atoms with Crippen LogP contribution in [0.15, 0.2) is 12.3 Å². The standard InChI is InChI=1S/C9H8Cl2N6/c1-5-12-3-2-6(14-5)4-13-9-16-7(10)15-8(11)17-9/h2-3H,4H2,1H3,(H,13,15,16,17). The zero-order valence-electron chi connectivity index (χ0n) is 8.85. The first kappa shape index (κ1) is 11.9. The third-order valence-electron chi connectivity index (χ3n) is 1.84. The number of hydrogen-bond acceptors (Lipinski definition) is 6. The Labute approximate surface area is 107 Å². The molecule has 0 amide bonds. The zero-order valence-corrected chi connectivity index (χ0v) is 10.4. The van der Waals surface area contributed by atoms with Crippen LogP contribution in [-0.2, 0) is 6.54 Å². The van der Waals surface area contributed by atoms with E-state index in [-0.39, 0.29) is 10.6 Å². The molecule has 17 heavy (non-hydrogen) atoms. The highest BCUT2D eigenvalue weighted by atomic mass is 35.5. The first-order chi connectivity index (χ1) is 8.13. The molecule has 2 rings (SSSR count). The molecule has 0 bridgehead atoms. The summed E-state index contributed by atoms with van der Waals surface area (Å²) in [5.74, 6) is 1.02. The van der Waals surface area contributed by atoms with Crippen molar-refractivity contribution in [3.8, 4) is 0 Å². The quantitative estimate of drug-likeness (QED) is 0.918. The smallest absolute Gasteiger partial charge is 0.228 e. The van der Waals surface area contributed by atoms with Gasteiger partial charge in [0.05, 0.1) is 12.2 Å². The van der Waals surface area contributed by atoms with Crippen molar-refractivity contribution in [1.29, 1.82) is 0 Å². The molecule has 0 aliphatic rings. The van der Waals surface area contributed by atoms with Gasteiger partial charge in [-0.05, 0) is 36.2 Å². The summed E-state index contributed by atoms with van der Waals surface area (Å²) in [7, 11) is 0. The molecule has 0 fully saturated rings.